The lowest BCUT2D eigenvalue weighted by atomic mass is 10.3. The molecule has 1 heterocycles. The van der Waals surface area contributed by atoms with E-state index < -0.39 is 17.6 Å². The van der Waals surface area contributed by atoms with Crippen molar-refractivity contribution in [1.82, 2.24) is 4.90 Å². The van der Waals surface area contributed by atoms with Crippen molar-refractivity contribution < 1.29 is 19.1 Å². The molecule has 0 bridgehead atoms. The molecule has 8 heteroatoms. The first kappa shape index (κ1) is 14.8. The number of carbonyl (C=O) groups is 2. The number of halogens is 3. The van der Waals surface area contributed by atoms with Gasteiger partial charge in [-0.05, 0) is 12.1 Å². The molecule has 1 aliphatic heterocycles. The Morgan fingerprint density at radius 3 is 2.65 bits per heavy atom. The van der Waals surface area contributed by atoms with Crippen molar-refractivity contribution in [2.75, 3.05) is 18.5 Å². The van der Waals surface area contributed by atoms with Gasteiger partial charge in [0.15, 0.2) is 5.82 Å². The Hall–Kier alpha value is -1.63. The largest absolute Gasteiger partial charge is 0.395 e. The number of β-amino-alcohol motifs (C(OH)–C–C–N with tert-alkyl or cyclic N) is 1. The van der Waals surface area contributed by atoms with Gasteiger partial charge < -0.3 is 10.4 Å². The lowest BCUT2D eigenvalue weighted by molar-refractivity contribution is -0.137. The molecule has 0 radical (unpaired) electrons. The van der Waals surface area contributed by atoms with Crippen molar-refractivity contribution in [3.05, 3.63) is 39.8 Å². The molecule has 0 saturated heterocycles. The zero-order chi connectivity index (χ0) is 14.9. The maximum Gasteiger partial charge on any atom is 0.277 e. The second kappa shape index (κ2) is 5.78. The van der Waals surface area contributed by atoms with Gasteiger partial charge in [0.05, 0.1) is 28.9 Å². The van der Waals surface area contributed by atoms with Gasteiger partial charge in [0, 0.05) is 6.08 Å². The fourth-order valence-electron chi connectivity index (χ4n) is 1.68. The Labute approximate surface area is 123 Å². The monoisotopic (exact) mass is 318 g/mol. The van der Waals surface area contributed by atoms with E-state index in [1.165, 1.54) is 12.1 Å². The van der Waals surface area contributed by atoms with Crippen LogP contribution in [0.25, 0.3) is 0 Å². The number of hydrogen-bond donors (Lipinski definition) is 2. The minimum Gasteiger partial charge on any atom is -0.395 e. The van der Waals surface area contributed by atoms with Crippen molar-refractivity contribution in [3.63, 3.8) is 0 Å². The number of imide groups is 1. The molecule has 2 N–H and O–H groups in total. The number of nitrogens with one attached hydrogen (secondary N) is 1. The summed E-state index contributed by atoms with van der Waals surface area (Å²) < 4.78 is 13.8. The van der Waals surface area contributed by atoms with Crippen molar-refractivity contribution >= 4 is 40.7 Å². The van der Waals surface area contributed by atoms with Crippen LogP contribution in [0.1, 0.15) is 0 Å². The molecule has 1 aromatic carbocycles. The highest BCUT2D eigenvalue weighted by molar-refractivity contribution is 6.42. The van der Waals surface area contributed by atoms with Gasteiger partial charge in [-0.15, -0.1) is 0 Å². The smallest absolute Gasteiger partial charge is 0.277 e. The molecule has 0 aromatic heterocycles. The molecule has 0 unspecified atom stereocenters. The lowest BCUT2D eigenvalue weighted by Crippen LogP contribution is -2.34. The lowest BCUT2D eigenvalue weighted by Gasteiger charge is -2.14. The third-order valence-corrected chi connectivity index (χ3v) is 3.42. The minimum atomic E-state index is -0.819. The van der Waals surface area contributed by atoms with E-state index in [1.807, 2.05) is 0 Å². The van der Waals surface area contributed by atoms with E-state index in [0.29, 0.717) is 0 Å². The van der Waals surface area contributed by atoms with Gasteiger partial charge >= 0.3 is 0 Å². The summed E-state index contributed by atoms with van der Waals surface area (Å²) in [5, 5.41) is 11.0. The van der Waals surface area contributed by atoms with Crippen LogP contribution in [0.5, 0.6) is 0 Å². The summed E-state index contributed by atoms with van der Waals surface area (Å²) in [5.74, 6) is -2.04. The van der Waals surface area contributed by atoms with E-state index in [9.17, 15) is 14.0 Å². The van der Waals surface area contributed by atoms with Crippen LogP contribution in [-0.4, -0.2) is 35.0 Å². The molecular formula is C12H9Cl2FN2O3. The van der Waals surface area contributed by atoms with Crippen molar-refractivity contribution in [3.8, 4) is 0 Å². The first-order chi connectivity index (χ1) is 9.45. The van der Waals surface area contributed by atoms with Crippen LogP contribution >= 0.6 is 23.2 Å². The van der Waals surface area contributed by atoms with E-state index in [0.717, 1.165) is 11.0 Å². The third kappa shape index (κ3) is 2.63. The summed E-state index contributed by atoms with van der Waals surface area (Å²) in [6.45, 7) is -0.469. The quantitative estimate of drug-likeness (QED) is 0.656. The summed E-state index contributed by atoms with van der Waals surface area (Å²) in [7, 11) is 0. The molecular weight excluding hydrogens is 310 g/mol. The predicted molar refractivity (Wildman–Crippen MR) is 71.9 cm³/mol. The summed E-state index contributed by atoms with van der Waals surface area (Å²) in [6, 6.07) is 2.67. The molecule has 2 amide bonds. The van der Waals surface area contributed by atoms with Crippen LogP contribution in [-0.2, 0) is 9.59 Å². The van der Waals surface area contributed by atoms with Gasteiger partial charge in [-0.25, -0.2) is 4.39 Å². The number of nitrogens with zero attached hydrogens (tertiary/aromatic N) is 1. The van der Waals surface area contributed by atoms with Crippen molar-refractivity contribution in [1.29, 1.82) is 0 Å². The number of aliphatic hydroxyl groups is 1. The Morgan fingerprint density at radius 2 is 2.00 bits per heavy atom. The van der Waals surface area contributed by atoms with Gasteiger partial charge in [0.1, 0.15) is 5.70 Å². The summed E-state index contributed by atoms with van der Waals surface area (Å²) in [5.41, 5.74) is -0.168. The van der Waals surface area contributed by atoms with E-state index in [4.69, 9.17) is 28.3 Å². The molecule has 106 valence electrons. The number of benzene rings is 1. The number of anilines is 1. The minimum absolute atomic E-state index is 0.0411. The zero-order valence-corrected chi connectivity index (χ0v) is 11.5. The highest BCUT2D eigenvalue weighted by Crippen LogP contribution is 2.31. The number of rotatable bonds is 4. The second-order valence-electron chi connectivity index (χ2n) is 3.92. The molecule has 2 rings (SSSR count). The average molecular weight is 319 g/mol. The van der Waals surface area contributed by atoms with Crippen LogP contribution in [0.2, 0.25) is 10.0 Å². The zero-order valence-electron chi connectivity index (χ0n) is 9.99. The van der Waals surface area contributed by atoms with Gasteiger partial charge in [-0.3, -0.25) is 14.5 Å². The maximum absolute atomic E-state index is 13.8. The molecule has 20 heavy (non-hydrogen) atoms. The van der Waals surface area contributed by atoms with E-state index in [2.05, 4.69) is 5.32 Å². The Balaban J connectivity index is 2.24. The highest BCUT2D eigenvalue weighted by Gasteiger charge is 2.31. The first-order valence-electron chi connectivity index (χ1n) is 5.54. The number of aliphatic hydroxyl groups excluding tert-OH is 1. The van der Waals surface area contributed by atoms with E-state index >= 15 is 0 Å². The van der Waals surface area contributed by atoms with Crippen LogP contribution in [0, 0.1) is 5.82 Å². The summed E-state index contributed by atoms with van der Waals surface area (Å²) >= 11 is 11.3. The number of hydrogen-bond acceptors (Lipinski definition) is 4. The third-order valence-electron chi connectivity index (χ3n) is 2.64. The Morgan fingerprint density at radius 1 is 1.30 bits per heavy atom. The fraction of sp³-hybridized carbons (Fsp3) is 0.167. The predicted octanol–water partition coefficient (Wildman–Crippen LogP) is 1.79. The van der Waals surface area contributed by atoms with Crippen LogP contribution < -0.4 is 5.32 Å². The molecule has 0 fully saturated rings. The molecule has 5 nitrogen and oxygen atoms in total. The van der Waals surface area contributed by atoms with Crippen LogP contribution in [0.3, 0.4) is 0 Å². The summed E-state index contributed by atoms with van der Waals surface area (Å²) in [4.78, 5) is 24.2. The fourth-order valence-corrected chi connectivity index (χ4v) is 1.99. The SMILES string of the molecule is O=C1C=C(Nc2ccc(Cl)c(Cl)c2F)C(=O)N1CCO. The molecule has 0 atom stereocenters. The molecule has 0 saturated carbocycles. The normalized spacial score (nSPS) is 14.8. The maximum atomic E-state index is 13.8. The topological polar surface area (TPSA) is 69.6 Å². The van der Waals surface area contributed by atoms with E-state index in [1.54, 1.807) is 0 Å². The van der Waals surface area contributed by atoms with Crippen LogP contribution in [0.4, 0.5) is 10.1 Å². The van der Waals surface area contributed by atoms with Crippen LogP contribution in [0.15, 0.2) is 23.9 Å². The Kier molecular flexibility index (Phi) is 4.27. The van der Waals surface area contributed by atoms with Gasteiger partial charge in [-0.2, -0.15) is 0 Å². The molecule has 1 aliphatic rings. The van der Waals surface area contributed by atoms with Gasteiger partial charge in [-0.1, -0.05) is 23.2 Å². The highest BCUT2D eigenvalue weighted by atomic mass is 35.5. The van der Waals surface area contributed by atoms with Gasteiger partial charge in [0.25, 0.3) is 11.8 Å². The molecule has 0 aliphatic carbocycles. The Bertz CT molecular complexity index is 619. The second-order valence-corrected chi connectivity index (χ2v) is 4.71. The van der Waals surface area contributed by atoms with E-state index in [-0.39, 0.29) is 34.6 Å². The average Bonchev–Trinajstić information content (AvgIpc) is 2.67. The molecule has 1 aromatic rings. The van der Waals surface area contributed by atoms with Crippen molar-refractivity contribution in [2.45, 2.75) is 0 Å². The number of amides is 2. The summed E-state index contributed by atoms with van der Waals surface area (Å²) in [6.07, 6.45) is 1.03. The first-order valence-corrected chi connectivity index (χ1v) is 6.30. The standard InChI is InChI=1S/C12H9Cl2FN2O3/c13-6-1-2-7(11(15)10(6)14)16-8-5-9(19)17(3-4-18)12(8)20/h1-2,5,16,18H,3-4H2. The molecule has 0 spiro atoms. The number of carbonyl (C=O) groups excluding carboxylic acids is 2. The van der Waals surface area contributed by atoms with Gasteiger partial charge in [0.2, 0.25) is 0 Å². The van der Waals surface area contributed by atoms with Crippen molar-refractivity contribution in [2.24, 2.45) is 0 Å².